The van der Waals surface area contributed by atoms with Gasteiger partial charge in [0, 0.05) is 5.38 Å². The van der Waals surface area contributed by atoms with Crippen LogP contribution in [0.25, 0.3) is 0 Å². The van der Waals surface area contributed by atoms with Gasteiger partial charge in [-0.25, -0.2) is 4.98 Å². The van der Waals surface area contributed by atoms with Gasteiger partial charge >= 0.3 is 0 Å². The van der Waals surface area contributed by atoms with Crippen LogP contribution >= 0.6 is 11.3 Å². The van der Waals surface area contributed by atoms with Crippen LogP contribution < -0.4 is 0 Å². The monoisotopic (exact) mass is 171 g/mol. The van der Waals surface area contributed by atoms with Gasteiger partial charge in [0.15, 0.2) is 11.3 Å². The molecule has 0 aliphatic heterocycles. The van der Waals surface area contributed by atoms with Crippen molar-refractivity contribution < 1.29 is 9.90 Å². The minimum absolute atomic E-state index is 0.424. The molecule has 0 aliphatic rings. The number of hydrogen-bond donors (Lipinski definition) is 1. The van der Waals surface area contributed by atoms with E-state index in [0.717, 1.165) is 0 Å². The zero-order valence-electron chi connectivity index (χ0n) is 6.15. The summed E-state index contributed by atoms with van der Waals surface area (Å²) in [5.41, 5.74) is 0.597. The molecular formula is C7H9NO2S. The molecule has 0 radical (unpaired) electrons. The minimum Gasteiger partial charge on any atom is -0.387 e. The molecule has 0 saturated heterocycles. The summed E-state index contributed by atoms with van der Waals surface area (Å²) >= 11 is 1.25. The van der Waals surface area contributed by atoms with Crippen LogP contribution in [-0.2, 0) is 0 Å². The number of nitrogens with zero attached hydrogens (tertiary/aromatic N) is 1. The molecule has 1 heterocycles. The van der Waals surface area contributed by atoms with E-state index in [1.807, 2.05) is 6.92 Å². The maximum Gasteiger partial charge on any atom is 0.178 e. The topological polar surface area (TPSA) is 50.2 Å². The fraction of sp³-hybridized carbons (Fsp3) is 0.429. The maximum atomic E-state index is 10.2. The van der Waals surface area contributed by atoms with Gasteiger partial charge in [0.25, 0.3) is 0 Å². The third-order valence-corrected chi connectivity index (χ3v) is 2.16. The average Bonchev–Trinajstić information content (AvgIpc) is 2.50. The molecule has 1 atom stereocenters. The third-order valence-electron chi connectivity index (χ3n) is 1.37. The molecule has 1 N–H and O–H groups in total. The molecule has 1 aromatic rings. The van der Waals surface area contributed by atoms with Crippen molar-refractivity contribution in [1.82, 2.24) is 4.98 Å². The second-order valence-corrected chi connectivity index (χ2v) is 3.04. The minimum atomic E-state index is -0.528. The molecule has 0 bridgehead atoms. The Morgan fingerprint density at radius 1 is 1.91 bits per heavy atom. The Hall–Kier alpha value is -0.740. The number of carbonyl (C=O) groups is 1. The Kier molecular flexibility index (Phi) is 2.73. The zero-order valence-corrected chi connectivity index (χ0v) is 6.97. The summed E-state index contributed by atoms with van der Waals surface area (Å²) in [6, 6.07) is 0. The highest BCUT2D eigenvalue weighted by atomic mass is 32.1. The van der Waals surface area contributed by atoms with Crippen LogP contribution in [0, 0.1) is 0 Å². The van der Waals surface area contributed by atoms with Crippen LogP contribution in [0.5, 0.6) is 0 Å². The summed E-state index contributed by atoms with van der Waals surface area (Å²) in [6.07, 6.45) is 0.790. The molecule has 60 valence electrons. The highest BCUT2D eigenvalue weighted by Crippen LogP contribution is 2.17. The van der Waals surface area contributed by atoms with Crippen LogP contribution in [-0.4, -0.2) is 16.4 Å². The van der Waals surface area contributed by atoms with Crippen molar-refractivity contribution in [2.45, 2.75) is 19.4 Å². The highest BCUT2D eigenvalue weighted by Gasteiger charge is 2.08. The van der Waals surface area contributed by atoms with Gasteiger partial charge in [0.05, 0.1) is 11.8 Å². The Labute approximate surface area is 68.7 Å². The van der Waals surface area contributed by atoms with Gasteiger partial charge in [-0.2, -0.15) is 0 Å². The summed E-state index contributed by atoms with van der Waals surface area (Å²) in [5.74, 6) is 0. The fourth-order valence-electron chi connectivity index (χ4n) is 0.717. The lowest BCUT2D eigenvalue weighted by Crippen LogP contribution is -1.95. The van der Waals surface area contributed by atoms with Crippen molar-refractivity contribution in [3.8, 4) is 0 Å². The van der Waals surface area contributed by atoms with Crippen LogP contribution in [0.15, 0.2) is 5.38 Å². The van der Waals surface area contributed by atoms with E-state index < -0.39 is 6.10 Å². The van der Waals surface area contributed by atoms with E-state index in [2.05, 4.69) is 4.98 Å². The van der Waals surface area contributed by atoms with Crippen molar-refractivity contribution in [1.29, 1.82) is 0 Å². The normalized spacial score (nSPS) is 12.9. The van der Waals surface area contributed by atoms with E-state index in [-0.39, 0.29) is 0 Å². The second kappa shape index (κ2) is 3.59. The predicted molar refractivity (Wildman–Crippen MR) is 42.8 cm³/mol. The summed E-state index contributed by atoms with van der Waals surface area (Å²) in [6.45, 7) is 1.87. The molecule has 0 aliphatic carbocycles. The first kappa shape index (κ1) is 8.36. The van der Waals surface area contributed by atoms with Gasteiger partial charge < -0.3 is 5.11 Å². The van der Waals surface area contributed by atoms with E-state index >= 15 is 0 Å². The lowest BCUT2D eigenvalue weighted by molar-refractivity contribution is 0.112. The molecule has 0 spiro atoms. The molecule has 0 amide bonds. The van der Waals surface area contributed by atoms with E-state index in [4.69, 9.17) is 0 Å². The van der Waals surface area contributed by atoms with Gasteiger partial charge in [-0.3, -0.25) is 4.79 Å². The second-order valence-electron chi connectivity index (χ2n) is 2.15. The summed E-state index contributed by atoms with van der Waals surface area (Å²) in [5, 5.41) is 11.4. The SMILES string of the molecule is CCC(O)c1csc(C=O)n1. The van der Waals surface area contributed by atoms with Gasteiger partial charge in [-0.15, -0.1) is 11.3 Å². The quantitative estimate of drug-likeness (QED) is 0.699. The molecule has 11 heavy (non-hydrogen) atoms. The number of carbonyl (C=O) groups excluding carboxylic acids is 1. The van der Waals surface area contributed by atoms with Crippen molar-refractivity contribution in [2.24, 2.45) is 0 Å². The van der Waals surface area contributed by atoms with Crippen molar-refractivity contribution >= 4 is 17.6 Å². The Balaban J connectivity index is 2.79. The number of aldehydes is 1. The molecule has 0 fully saturated rings. The first-order valence-corrected chi connectivity index (χ1v) is 4.24. The fourth-order valence-corrected chi connectivity index (χ4v) is 1.38. The first-order valence-electron chi connectivity index (χ1n) is 3.36. The Morgan fingerprint density at radius 3 is 3.09 bits per heavy atom. The summed E-state index contributed by atoms with van der Waals surface area (Å²) < 4.78 is 0. The number of aromatic nitrogens is 1. The van der Waals surface area contributed by atoms with Gasteiger partial charge in [-0.1, -0.05) is 6.92 Å². The highest BCUT2D eigenvalue weighted by molar-refractivity contribution is 7.11. The van der Waals surface area contributed by atoms with Crippen LogP contribution in [0.2, 0.25) is 0 Å². The molecule has 0 aromatic carbocycles. The van der Waals surface area contributed by atoms with Crippen molar-refractivity contribution in [3.63, 3.8) is 0 Å². The number of aliphatic hydroxyl groups excluding tert-OH is 1. The van der Waals surface area contributed by atoms with E-state index in [9.17, 15) is 9.90 Å². The van der Waals surface area contributed by atoms with Gasteiger partial charge in [0.1, 0.15) is 0 Å². The van der Waals surface area contributed by atoms with E-state index in [1.165, 1.54) is 11.3 Å². The van der Waals surface area contributed by atoms with Crippen molar-refractivity contribution in [2.75, 3.05) is 0 Å². The zero-order chi connectivity index (χ0) is 8.27. The van der Waals surface area contributed by atoms with Crippen LogP contribution in [0.1, 0.15) is 34.9 Å². The molecular weight excluding hydrogens is 162 g/mol. The van der Waals surface area contributed by atoms with Crippen LogP contribution in [0.4, 0.5) is 0 Å². The maximum absolute atomic E-state index is 10.2. The molecule has 1 aromatic heterocycles. The van der Waals surface area contributed by atoms with Crippen molar-refractivity contribution in [3.05, 3.63) is 16.1 Å². The molecule has 3 nitrogen and oxygen atoms in total. The summed E-state index contributed by atoms with van der Waals surface area (Å²) in [7, 11) is 0. The van der Waals surface area contributed by atoms with Gasteiger partial charge in [-0.05, 0) is 6.42 Å². The Bertz CT molecular complexity index is 246. The Morgan fingerprint density at radius 2 is 2.64 bits per heavy atom. The predicted octanol–water partition coefficient (Wildman–Crippen LogP) is 1.40. The van der Waals surface area contributed by atoms with Gasteiger partial charge in [0.2, 0.25) is 0 Å². The average molecular weight is 171 g/mol. The number of aliphatic hydroxyl groups is 1. The first-order chi connectivity index (χ1) is 5.27. The molecule has 1 rings (SSSR count). The molecule has 1 unspecified atom stereocenters. The lowest BCUT2D eigenvalue weighted by atomic mass is 10.2. The molecule has 4 heteroatoms. The van der Waals surface area contributed by atoms with Crippen LogP contribution in [0.3, 0.4) is 0 Å². The number of thiazole rings is 1. The largest absolute Gasteiger partial charge is 0.387 e. The number of hydrogen-bond acceptors (Lipinski definition) is 4. The smallest absolute Gasteiger partial charge is 0.178 e. The lowest BCUT2D eigenvalue weighted by Gasteiger charge is -2.00. The number of rotatable bonds is 3. The molecule has 0 saturated carbocycles. The van der Waals surface area contributed by atoms with E-state index in [0.29, 0.717) is 23.4 Å². The standard InChI is InChI=1S/C7H9NO2S/c1-2-6(10)5-4-11-7(3-9)8-5/h3-4,6,10H,2H2,1H3. The van der Waals surface area contributed by atoms with E-state index in [1.54, 1.807) is 5.38 Å². The summed E-state index contributed by atoms with van der Waals surface area (Å²) in [4.78, 5) is 14.1. The third kappa shape index (κ3) is 1.85.